The minimum absolute atomic E-state index is 0.0289. The van der Waals surface area contributed by atoms with E-state index in [1.807, 2.05) is 6.92 Å². The SMILES string of the molecule is Cc1cc(Cl)c(NCc2cc(C(=O)O)ccc2F)cc1Cl. The number of aryl methyl sites for hydroxylation is 1. The Bertz CT molecular complexity index is 704. The van der Waals surface area contributed by atoms with Gasteiger partial charge in [-0.25, -0.2) is 9.18 Å². The van der Waals surface area contributed by atoms with Crippen LogP contribution in [0.2, 0.25) is 10.0 Å². The van der Waals surface area contributed by atoms with Crippen molar-refractivity contribution >= 4 is 34.9 Å². The Balaban J connectivity index is 2.22. The zero-order chi connectivity index (χ0) is 15.6. The van der Waals surface area contributed by atoms with Crippen LogP contribution in [0.5, 0.6) is 0 Å². The van der Waals surface area contributed by atoms with Gasteiger partial charge in [0.25, 0.3) is 0 Å². The molecule has 6 heteroatoms. The second-order valence-corrected chi connectivity index (χ2v) is 5.36. The predicted molar refractivity (Wildman–Crippen MR) is 81.9 cm³/mol. The average Bonchev–Trinajstić information content (AvgIpc) is 2.42. The van der Waals surface area contributed by atoms with Crippen LogP contribution < -0.4 is 5.32 Å². The molecule has 2 rings (SSSR count). The van der Waals surface area contributed by atoms with Crippen molar-refractivity contribution < 1.29 is 14.3 Å². The molecule has 0 saturated carbocycles. The molecular weight excluding hydrogens is 316 g/mol. The maximum absolute atomic E-state index is 13.7. The number of nitrogens with one attached hydrogen (secondary N) is 1. The molecular formula is C15H12Cl2FNO2. The number of benzene rings is 2. The third kappa shape index (κ3) is 3.65. The standard InChI is InChI=1S/C15H12Cl2FNO2/c1-8-4-12(17)14(6-11(8)16)19-7-10-5-9(15(20)21)2-3-13(10)18/h2-6,19H,7H2,1H3,(H,20,21). The molecule has 0 aromatic heterocycles. The first-order valence-electron chi connectivity index (χ1n) is 6.09. The topological polar surface area (TPSA) is 49.3 Å². The van der Waals surface area contributed by atoms with E-state index in [9.17, 15) is 9.18 Å². The smallest absolute Gasteiger partial charge is 0.335 e. The molecule has 0 spiro atoms. The summed E-state index contributed by atoms with van der Waals surface area (Å²) in [7, 11) is 0. The lowest BCUT2D eigenvalue weighted by molar-refractivity contribution is 0.0696. The van der Waals surface area contributed by atoms with Crippen LogP contribution in [0.4, 0.5) is 10.1 Å². The molecule has 2 aromatic carbocycles. The maximum atomic E-state index is 13.7. The maximum Gasteiger partial charge on any atom is 0.335 e. The van der Waals surface area contributed by atoms with Crippen molar-refractivity contribution in [3.05, 3.63) is 62.9 Å². The molecule has 110 valence electrons. The van der Waals surface area contributed by atoms with Crippen molar-refractivity contribution in [3.63, 3.8) is 0 Å². The summed E-state index contributed by atoms with van der Waals surface area (Å²) >= 11 is 12.1. The fraction of sp³-hybridized carbons (Fsp3) is 0.133. The minimum atomic E-state index is -1.10. The van der Waals surface area contributed by atoms with E-state index in [0.29, 0.717) is 15.7 Å². The summed E-state index contributed by atoms with van der Waals surface area (Å²) in [5, 5.41) is 12.9. The number of aromatic carboxylic acids is 1. The van der Waals surface area contributed by atoms with Crippen LogP contribution in [0.3, 0.4) is 0 Å². The van der Waals surface area contributed by atoms with Gasteiger partial charge < -0.3 is 10.4 Å². The van der Waals surface area contributed by atoms with Crippen molar-refractivity contribution in [2.45, 2.75) is 13.5 Å². The Kier molecular flexibility index (Phi) is 4.70. The van der Waals surface area contributed by atoms with Gasteiger partial charge in [0, 0.05) is 17.1 Å². The van der Waals surface area contributed by atoms with E-state index in [-0.39, 0.29) is 17.7 Å². The average molecular weight is 328 g/mol. The monoisotopic (exact) mass is 327 g/mol. The summed E-state index contributed by atoms with van der Waals surface area (Å²) in [4.78, 5) is 10.9. The zero-order valence-electron chi connectivity index (χ0n) is 11.1. The second-order valence-electron chi connectivity index (χ2n) is 4.55. The molecule has 21 heavy (non-hydrogen) atoms. The number of hydrogen-bond donors (Lipinski definition) is 2. The Labute approximate surface area is 131 Å². The molecule has 0 radical (unpaired) electrons. The number of anilines is 1. The first kappa shape index (κ1) is 15.6. The summed E-state index contributed by atoms with van der Waals surface area (Å²) in [5.74, 6) is -1.59. The molecule has 0 bridgehead atoms. The number of carbonyl (C=O) groups is 1. The first-order chi connectivity index (χ1) is 9.88. The van der Waals surface area contributed by atoms with Gasteiger partial charge >= 0.3 is 5.97 Å². The third-order valence-corrected chi connectivity index (χ3v) is 3.73. The lowest BCUT2D eigenvalue weighted by Gasteiger charge is -2.11. The second kappa shape index (κ2) is 6.33. The summed E-state index contributed by atoms with van der Waals surface area (Å²) in [6.07, 6.45) is 0. The number of rotatable bonds is 4. The van der Waals surface area contributed by atoms with Crippen LogP contribution in [0.15, 0.2) is 30.3 Å². The first-order valence-corrected chi connectivity index (χ1v) is 6.85. The normalized spacial score (nSPS) is 10.5. The lowest BCUT2D eigenvalue weighted by atomic mass is 10.1. The molecule has 0 aliphatic rings. The van der Waals surface area contributed by atoms with Crippen molar-refractivity contribution in [3.8, 4) is 0 Å². The predicted octanol–water partition coefficient (Wildman–Crippen LogP) is 4.75. The van der Waals surface area contributed by atoms with Gasteiger partial charge in [0.05, 0.1) is 16.3 Å². The van der Waals surface area contributed by atoms with Crippen molar-refractivity contribution in [1.29, 1.82) is 0 Å². The van der Waals surface area contributed by atoms with E-state index in [4.69, 9.17) is 28.3 Å². The Morgan fingerprint density at radius 1 is 1.24 bits per heavy atom. The summed E-state index contributed by atoms with van der Waals surface area (Å²) < 4.78 is 13.7. The largest absolute Gasteiger partial charge is 0.478 e. The molecule has 0 amide bonds. The van der Waals surface area contributed by atoms with E-state index in [0.717, 1.165) is 11.6 Å². The van der Waals surface area contributed by atoms with Gasteiger partial charge in [-0.05, 0) is 42.8 Å². The van der Waals surface area contributed by atoms with Crippen LogP contribution in [-0.2, 0) is 6.54 Å². The van der Waals surface area contributed by atoms with E-state index in [2.05, 4.69) is 5.32 Å². The molecule has 0 aliphatic carbocycles. The summed E-state index contributed by atoms with van der Waals surface area (Å²) in [5.41, 5.74) is 1.67. The number of carboxylic acids is 1. The van der Waals surface area contributed by atoms with Gasteiger partial charge in [-0.3, -0.25) is 0 Å². The van der Waals surface area contributed by atoms with Crippen LogP contribution in [0.25, 0.3) is 0 Å². The quantitative estimate of drug-likeness (QED) is 0.851. The highest BCUT2D eigenvalue weighted by molar-refractivity contribution is 6.35. The Morgan fingerprint density at radius 3 is 2.62 bits per heavy atom. The highest BCUT2D eigenvalue weighted by Crippen LogP contribution is 2.29. The van der Waals surface area contributed by atoms with Crippen LogP contribution >= 0.6 is 23.2 Å². The Hall–Kier alpha value is -1.78. The van der Waals surface area contributed by atoms with Crippen molar-refractivity contribution in [2.24, 2.45) is 0 Å². The molecule has 3 nitrogen and oxygen atoms in total. The van der Waals surface area contributed by atoms with E-state index < -0.39 is 11.8 Å². The van der Waals surface area contributed by atoms with Gasteiger partial charge in [0.1, 0.15) is 5.82 Å². The van der Waals surface area contributed by atoms with Gasteiger partial charge in [-0.1, -0.05) is 23.2 Å². The molecule has 0 fully saturated rings. The summed E-state index contributed by atoms with van der Waals surface area (Å²) in [6, 6.07) is 6.99. The van der Waals surface area contributed by atoms with Crippen molar-refractivity contribution in [2.75, 3.05) is 5.32 Å². The van der Waals surface area contributed by atoms with E-state index in [1.165, 1.54) is 12.1 Å². The zero-order valence-corrected chi connectivity index (χ0v) is 12.6. The van der Waals surface area contributed by atoms with Gasteiger partial charge in [-0.15, -0.1) is 0 Å². The molecule has 2 N–H and O–H groups in total. The van der Waals surface area contributed by atoms with E-state index in [1.54, 1.807) is 12.1 Å². The molecule has 0 atom stereocenters. The van der Waals surface area contributed by atoms with E-state index >= 15 is 0 Å². The lowest BCUT2D eigenvalue weighted by Crippen LogP contribution is -2.05. The fourth-order valence-electron chi connectivity index (χ4n) is 1.82. The van der Waals surface area contributed by atoms with Gasteiger partial charge in [0.15, 0.2) is 0 Å². The van der Waals surface area contributed by atoms with Gasteiger partial charge in [-0.2, -0.15) is 0 Å². The molecule has 0 aliphatic heterocycles. The van der Waals surface area contributed by atoms with Crippen molar-refractivity contribution in [1.82, 2.24) is 0 Å². The number of hydrogen-bond acceptors (Lipinski definition) is 2. The molecule has 2 aromatic rings. The molecule has 0 heterocycles. The fourth-order valence-corrected chi connectivity index (χ4v) is 2.26. The molecule has 0 saturated heterocycles. The third-order valence-electron chi connectivity index (χ3n) is 3.01. The van der Waals surface area contributed by atoms with Crippen LogP contribution in [0.1, 0.15) is 21.5 Å². The minimum Gasteiger partial charge on any atom is -0.478 e. The van der Waals surface area contributed by atoms with Crippen LogP contribution in [0, 0.1) is 12.7 Å². The highest BCUT2D eigenvalue weighted by atomic mass is 35.5. The number of carboxylic acid groups (broad SMARTS) is 1. The Morgan fingerprint density at radius 2 is 1.95 bits per heavy atom. The van der Waals surface area contributed by atoms with Crippen LogP contribution in [-0.4, -0.2) is 11.1 Å². The number of halogens is 3. The van der Waals surface area contributed by atoms with Gasteiger partial charge in [0.2, 0.25) is 0 Å². The highest BCUT2D eigenvalue weighted by Gasteiger charge is 2.10. The molecule has 0 unspecified atom stereocenters. The summed E-state index contributed by atoms with van der Waals surface area (Å²) in [6.45, 7) is 1.93.